The lowest BCUT2D eigenvalue weighted by molar-refractivity contribution is -0.157. The molecular formula is C8H11NO4. The van der Waals surface area contributed by atoms with E-state index in [9.17, 15) is 15.0 Å². The maximum Gasteiger partial charge on any atom is 0.337 e. The van der Waals surface area contributed by atoms with Gasteiger partial charge in [-0.15, -0.1) is 0 Å². The number of carbonyl (C=O) groups excluding carboxylic acids is 1. The third-order valence-corrected chi connectivity index (χ3v) is 1.68. The average molecular weight is 185 g/mol. The maximum atomic E-state index is 10.8. The minimum Gasteiger partial charge on any atom is -0.467 e. The summed E-state index contributed by atoms with van der Waals surface area (Å²) in [7, 11) is 1.15. The van der Waals surface area contributed by atoms with Gasteiger partial charge in [0, 0.05) is 11.9 Å². The van der Waals surface area contributed by atoms with E-state index in [0.29, 0.717) is 5.69 Å². The predicted molar refractivity (Wildman–Crippen MR) is 43.8 cm³/mol. The van der Waals surface area contributed by atoms with Crippen molar-refractivity contribution in [2.24, 2.45) is 0 Å². The summed E-state index contributed by atoms with van der Waals surface area (Å²) in [5, 5.41) is 18.6. The minimum absolute atomic E-state index is 0.373. The first-order valence-corrected chi connectivity index (χ1v) is 3.74. The van der Waals surface area contributed by atoms with E-state index >= 15 is 0 Å². The van der Waals surface area contributed by atoms with Crippen molar-refractivity contribution in [3.8, 4) is 0 Å². The largest absolute Gasteiger partial charge is 0.467 e. The fourth-order valence-corrected chi connectivity index (χ4v) is 0.948. The van der Waals surface area contributed by atoms with Crippen molar-refractivity contribution in [3.63, 3.8) is 0 Å². The Labute approximate surface area is 75.0 Å². The molecule has 1 rings (SSSR count). The summed E-state index contributed by atoms with van der Waals surface area (Å²) in [5.41, 5.74) is 0.373. The maximum absolute atomic E-state index is 10.8. The molecule has 2 atom stereocenters. The van der Waals surface area contributed by atoms with Gasteiger partial charge in [0.05, 0.1) is 7.11 Å². The Hall–Kier alpha value is -1.33. The van der Waals surface area contributed by atoms with Crippen molar-refractivity contribution in [1.29, 1.82) is 0 Å². The van der Waals surface area contributed by atoms with Crippen LogP contribution in [0.4, 0.5) is 0 Å². The van der Waals surface area contributed by atoms with Crippen LogP contribution >= 0.6 is 0 Å². The molecule has 0 radical (unpaired) electrons. The number of rotatable bonds is 3. The molecule has 1 heterocycles. The van der Waals surface area contributed by atoms with Crippen LogP contribution in [0.25, 0.3) is 0 Å². The number of aliphatic hydroxyl groups excluding tert-OH is 2. The highest BCUT2D eigenvalue weighted by Gasteiger charge is 2.26. The van der Waals surface area contributed by atoms with Gasteiger partial charge < -0.3 is 19.9 Å². The topological polar surface area (TPSA) is 82.6 Å². The molecule has 5 nitrogen and oxygen atoms in total. The van der Waals surface area contributed by atoms with E-state index in [2.05, 4.69) is 9.72 Å². The molecular weight excluding hydrogens is 174 g/mol. The van der Waals surface area contributed by atoms with Crippen LogP contribution in [0.5, 0.6) is 0 Å². The van der Waals surface area contributed by atoms with Crippen molar-refractivity contribution < 1.29 is 19.7 Å². The van der Waals surface area contributed by atoms with Gasteiger partial charge in [-0.2, -0.15) is 0 Å². The van der Waals surface area contributed by atoms with E-state index in [4.69, 9.17) is 0 Å². The molecule has 0 saturated heterocycles. The Balaban J connectivity index is 2.68. The second-order valence-corrected chi connectivity index (χ2v) is 2.54. The van der Waals surface area contributed by atoms with Crippen LogP contribution in [0.3, 0.4) is 0 Å². The fraction of sp³-hybridized carbons (Fsp3) is 0.375. The van der Waals surface area contributed by atoms with Crippen LogP contribution in [0.1, 0.15) is 11.8 Å². The normalized spacial score (nSPS) is 15.0. The Bertz CT molecular complexity index is 270. The Morgan fingerprint density at radius 2 is 2.31 bits per heavy atom. The Kier molecular flexibility index (Phi) is 3.05. The molecule has 1 aromatic rings. The van der Waals surface area contributed by atoms with Gasteiger partial charge in [-0.25, -0.2) is 4.79 Å². The zero-order valence-corrected chi connectivity index (χ0v) is 7.10. The van der Waals surface area contributed by atoms with E-state index in [1.54, 1.807) is 18.3 Å². The molecule has 5 heteroatoms. The van der Waals surface area contributed by atoms with Crippen LogP contribution in [-0.2, 0) is 9.53 Å². The van der Waals surface area contributed by atoms with Gasteiger partial charge in [0.25, 0.3) is 0 Å². The molecule has 0 bridgehead atoms. The number of hydrogen-bond acceptors (Lipinski definition) is 4. The predicted octanol–water partition coefficient (Wildman–Crippen LogP) is -0.418. The van der Waals surface area contributed by atoms with E-state index < -0.39 is 18.2 Å². The lowest BCUT2D eigenvalue weighted by Crippen LogP contribution is -2.29. The monoisotopic (exact) mass is 185 g/mol. The molecule has 0 amide bonds. The lowest BCUT2D eigenvalue weighted by atomic mass is 10.1. The quantitative estimate of drug-likeness (QED) is 0.558. The van der Waals surface area contributed by atoms with Crippen LogP contribution < -0.4 is 0 Å². The third kappa shape index (κ3) is 2.07. The van der Waals surface area contributed by atoms with E-state index in [1.807, 2.05) is 0 Å². The third-order valence-electron chi connectivity index (χ3n) is 1.68. The van der Waals surface area contributed by atoms with Gasteiger partial charge >= 0.3 is 5.97 Å². The molecule has 2 unspecified atom stereocenters. The summed E-state index contributed by atoms with van der Waals surface area (Å²) in [6.07, 6.45) is -1.24. The van der Waals surface area contributed by atoms with Crippen molar-refractivity contribution in [1.82, 2.24) is 4.98 Å². The number of carbonyl (C=O) groups is 1. The van der Waals surface area contributed by atoms with E-state index in [1.165, 1.54) is 0 Å². The van der Waals surface area contributed by atoms with E-state index in [-0.39, 0.29) is 0 Å². The lowest BCUT2D eigenvalue weighted by Gasteiger charge is -2.13. The van der Waals surface area contributed by atoms with Gasteiger partial charge in [0.1, 0.15) is 6.10 Å². The number of aromatic nitrogens is 1. The highest BCUT2D eigenvalue weighted by Crippen LogP contribution is 2.14. The SMILES string of the molecule is COC(=O)C(O)C(O)c1ccc[nH]1. The van der Waals surface area contributed by atoms with Gasteiger partial charge in [0.2, 0.25) is 0 Å². The molecule has 0 spiro atoms. The summed E-state index contributed by atoms with van der Waals surface area (Å²) in [4.78, 5) is 13.5. The van der Waals surface area contributed by atoms with Gasteiger partial charge in [-0.1, -0.05) is 0 Å². The van der Waals surface area contributed by atoms with Gasteiger partial charge in [0.15, 0.2) is 6.10 Å². The van der Waals surface area contributed by atoms with Crippen LogP contribution in [0.15, 0.2) is 18.3 Å². The minimum atomic E-state index is -1.55. The molecule has 0 aliphatic rings. The summed E-state index contributed by atoms with van der Waals surface area (Å²) in [6.45, 7) is 0. The van der Waals surface area contributed by atoms with E-state index in [0.717, 1.165) is 7.11 Å². The molecule has 0 aliphatic carbocycles. The molecule has 1 aromatic heterocycles. The molecule has 72 valence electrons. The molecule has 3 N–H and O–H groups in total. The first kappa shape index (κ1) is 9.76. The number of H-pyrrole nitrogens is 1. The summed E-state index contributed by atoms with van der Waals surface area (Å²) >= 11 is 0. The number of methoxy groups -OCH3 is 1. The van der Waals surface area contributed by atoms with Crippen LogP contribution in [-0.4, -0.2) is 34.4 Å². The Morgan fingerprint density at radius 3 is 2.77 bits per heavy atom. The number of esters is 1. The number of aliphatic hydroxyl groups is 2. The van der Waals surface area contributed by atoms with Crippen LogP contribution in [0, 0.1) is 0 Å². The zero-order valence-electron chi connectivity index (χ0n) is 7.10. The highest BCUT2D eigenvalue weighted by molar-refractivity contribution is 5.75. The molecule has 0 aliphatic heterocycles. The van der Waals surface area contributed by atoms with Crippen molar-refractivity contribution in [3.05, 3.63) is 24.0 Å². The average Bonchev–Trinajstić information content (AvgIpc) is 2.67. The fourth-order valence-electron chi connectivity index (χ4n) is 0.948. The molecule has 13 heavy (non-hydrogen) atoms. The highest BCUT2D eigenvalue weighted by atomic mass is 16.5. The van der Waals surface area contributed by atoms with Gasteiger partial charge in [-0.3, -0.25) is 0 Å². The number of aromatic amines is 1. The summed E-state index contributed by atoms with van der Waals surface area (Å²) < 4.78 is 4.27. The molecule has 0 fully saturated rings. The number of hydrogen-bond donors (Lipinski definition) is 3. The standard InChI is InChI=1S/C8H11NO4/c1-13-8(12)7(11)6(10)5-3-2-4-9-5/h2-4,6-7,9-11H,1H3. The van der Waals surface area contributed by atoms with Gasteiger partial charge in [-0.05, 0) is 12.1 Å². The zero-order chi connectivity index (χ0) is 9.84. The number of nitrogens with one attached hydrogen (secondary N) is 1. The van der Waals surface area contributed by atoms with Crippen molar-refractivity contribution >= 4 is 5.97 Å². The second kappa shape index (κ2) is 4.06. The smallest absolute Gasteiger partial charge is 0.337 e. The molecule has 0 saturated carbocycles. The Morgan fingerprint density at radius 1 is 1.62 bits per heavy atom. The van der Waals surface area contributed by atoms with Crippen molar-refractivity contribution in [2.75, 3.05) is 7.11 Å². The second-order valence-electron chi connectivity index (χ2n) is 2.54. The van der Waals surface area contributed by atoms with Crippen LogP contribution in [0.2, 0.25) is 0 Å². The first-order valence-electron chi connectivity index (χ1n) is 3.74. The summed E-state index contributed by atoms with van der Waals surface area (Å²) in [5.74, 6) is -0.859. The number of ether oxygens (including phenoxy) is 1. The molecule has 0 aromatic carbocycles. The first-order chi connectivity index (χ1) is 6.16. The van der Waals surface area contributed by atoms with Crippen molar-refractivity contribution in [2.45, 2.75) is 12.2 Å². The summed E-state index contributed by atoms with van der Waals surface area (Å²) in [6, 6.07) is 3.22.